The summed E-state index contributed by atoms with van der Waals surface area (Å²) in [6.45, 7) is 3.49. The Morgan fingerprint density at radius 2 is 1.70 bits per heavy atom. The van der Waals surface area contributed by atoms with Crippen molar-refractivity contribution < 1.29 is 17.6 Å². The van der Waals surface area contributed by atoms with Crippen LogP contribution in [0.15, 0.2) is 102 Å². The third-order valence-electron chi connectivity index (χ3n) is 6.22. The second kappa shape index (κ2) is 11.4. The molecule has 10 heteroatoms. The Morgan fingerprint density at radius 3 is 2.42 bits per heavy atom. The Balaban J connectivity index is 1.48. The second-order valence-electron chi connectivity index (χ2n) is 9.74. The van der Waals surface area contributed by atoms with E-state index in [0.717, 1.165) is 5.56 Å². The van der Waals surface area contributed by atoms with Gasteiger partial charge in [0.25, 0.3) is 0 Å². The molecular weight excluding hydrogens is 529 g/mol. The van der Waals surface area contributed by atoms with E-state index in [4.69, 9.17) is 0 Å². The highest BCUT2D eigenvalue weighted by Crippen LogP contribution is 2.27. The van der Waals surface area contributed by atoms with Crippen molar-refractivity contribution in [2.24, 2.45) is 5.92 Å². The maximum Gasteiger partial charge on any atom is 0.245 e. The van der Waals surface area contributed by atoms with Crippen molar-refractivity contribution in [2.45, 2.75) is 18.7 Å². The number of aromatic nitrogens is 3. The van der Waals surface area contributed by atoms with Gasteiger partial charge >= 0.3 is 0 Å². The molecule has 0 aliphatic heterocycles. The van der Waals surface area contributed by atoms with Gasteiger partial charge in [-0.2, -0.15) is 9.40 Å². The zero-order valence-corrected chi connectivity index (χ0v) is 22.8. The lowest BCUT2D eigenvalue weighted by Gasteiger charge is -2.24. The number of carbonyl (C=O) groups excluding carboxylic acids is 1. The minimum absolute atomic E-state index is 0.0417. The van der Waals surface area contributed by atoms with E-state index in [9.17, 15) is 17.6 Å². The topological polar surface area (TPSA) is 97.2 Å². The number of hydrogen-bond donors (Lipinski definition) is 1. The summed E-state index contributed by atoms with van der Waals surface area (Å²) in [6.07, 6.45) is 1.54. The van der Waals surface area contributed by atoms with Gasteiger partial charge in [0.1, 0.15) is 16.5 Å². The molecule has 2 aromatic heterocycles. The largest absolute Gasteiger partial charge is 0.309 e. The number of nitrogens with one attached hydrogen (secondary N) is 1. The van der Waals surface area contributed by atoms with E-state index < -0.39 is 28.3 Å². The summed E-state index contributed by atoms with van der Waals surface area (Å²) in [5.74, 6) is -0.661. The zero-order chi connectivity index (χ0) is 28.3. The van der Waals surface area contributed by atoms with E-state index in [1.165, 1.54) is 27.2 Å². The van der Waals surface area contributed by atoms with Gasteiger partial charge < -0.3 is 5.32 Å². The van der Waals surface area contributed by atoms with Gasteiger partial charge in [0.2, 0.25) is 15.9 Å². The van der Waals surface area contributed by atoms with E-state index in [-0.39, 0.29) is 17.4 Å². The number of benzene rings is 3. The molecule has 204 valence electrons. The number of hydrogen-bond acceptors (Lipinski definition) is 5. The van der Waals surface area contributed by atoms with Crippen molar-refractivity contribution in [3.05, 3.63) is 103 Å². The SMILES string of the molecule is CC(C)CN(CC(=O)Nc1cc(-c2ccccc2)nn1-c1ccc(F)cc1)S(=O)(=O)c1cccc2cccnc12. The zero-order valence-electron chi connectivity index (χ0n) is 22.0. The normalized spacial score (nSPS) is 11.8. The quantitative estimate of drug-likeness (QED) is 0.258. The molecule has 0 radical (unpaired) electrons. The van der Waals surface area contributed by atoms with Gasteiger partial charge in [0.15, 0.2) is 0 Å². The lowest BCUT2D eigenvalue weighted by atomic mass is 10.1. The van der Waals surface area contributed by atoms with E-state index in [1.807, 2.05) is 44.2 Å². The predicted octanol–water partition coefficient (Wildman–Crippen LogP) is 5.51. The van der Waals surface area contributed by atoms with Crippen LogP contribution >= 0.6 is 0 Å². The van der Waals surface area contributed by atoms with E-state index >= 15 is 0 Å². The summed E-state index contributed by atoms with van der Waals surface area (Å²) in [7, 11) is -4.07. The van der Waals surface area contributed by atoms with Crippen molar-refractivity contribution in [3.63, 3.8) is 0 Å². The average molecular weight is 558 g/mol. The Labute approximate surface area is 232 Å². The van der Waals surface area contributed by atoms with Crippen LogP contribution in [-0.4, -0.2) is 46.5 Å². The number of pyridine rings is 1. The number of halogens is 1. The Morgan fingerprint density at radius 1 is 0.975 bits per heavy atom. The Bertz CT molecular complexity index is 1750. The average Bonchev–Trinajstić information content (AvgIpc) is 3.36. The van der Waals surface area contributed by atoms with Crippen molar-refractivity contribution in [1.82, 2.24) is 19.1 Å². The monoisotopic (exact) mass is 557 g/mol. The van der Waals surface area contributed by atoms with Gasteiger partial charge in [0, 0.05) is 29.8 Å². The van der Waals surface area contributed by atoms with Gasteiger partial charge in [0.05, 0.1) is 23.4 Å². The number of carbonyl (C=O) groups is 1. The summed E-state index contributed by atoms with van der Waals surface area (Å²) < 4.78 is 43.9. The van der Waals surface area contributed by atoms with Crippen LogP contribution in [0.1, 0.15) is 13.8 Å². The fraction of sp³-hybridized carbons (Fsp3) is 0.167. The number of rotatable bonds is 9. The molecule has 5 aromatic rings. The first-order valence-electron chi connectivity index (χ1n) is 12.8. The van der Waals surface area contributed by atoms with Gasteiger partial charge in [-0.3, -0.25) is 9.78 Å². The summed E-state index contributed by atoms with van der Waals surface area (Å²) >= 11 is 0. The van der Waals surface area contributed by atoms with Crippen molar-refractivity contribution in [3.8, 4) is 16.9 Å². The molecule has 0 bridgehead atoms. The van der Waals surface area contributed by atoms with Gasteiger partial charge in [-0.05, 0) is 42.3 Å². The summed E-state index contributed by atoms with van der Waals surface area (Å²) in [6, 6.07) is 25.3. The standard InChI is InChI=1S/C30H28FN5O3S/c1-21(2)19-35(40(38,39)27-12-6-10-23-11-7-17-32-30(23)27)20-29(37)33-28-18-26(22-8-4-3-5-9-22)34-36(28)25-15-13-24(31)14-16-25/h3-18,21H,19-20H2,1-2H3,(H,33,37). The number of para-hydroxylation sites is 1. The number of amides is 1. The number of nitrogens with zero attached hydrogens (tertiary/aromatic N) is 4. The highest BCUT2D eigenvalue weighted by Gasteiger charge is 2.30. The van der Waals surface area contributed by atoms with E-state index in [1.54, 1.807) is 48.7 Å². The molecule has 2 heterocycles. The van der Waals surface area contributed by atoms with Gasteiger partial charge in [-0.15, -0.1) is 0 Å². The molecule has 1 N–H and O–H groups in total. The summed E-state index contributed by atoms with van der Waals surface area (Å²) in [5, 5.41) is 8.14. The summed E-state index contributed by atoms with van der Waals surface area (Å²) in [5.41, 5.74) is 2.30. The number of anilines is 1. The minimum atomic E-state index is -4.07. The van der Waals surface area contributed by atoms with Crippen LogP contribution in [0.5, 0.6) is 0 Å². The van der Waals surface area contributed by atoms with Gasteiger partial charge in [-0.1, -0.05) is 62.4 Å². The lowest BCUT2D eigenvalue weighted by molar-refractivity contribution is -0.116. The van der Waals surface area contributed by atoms with Crippen molar-refractivity contribution in [1.29, 1.82) is 0 Å². The molecular formula is C30H28FN5O3S. The molecule has 0 fully saturated rings. The van der Waals surface area contributed by atoms with E-state index in [0.29, 0.717) is 28.1 Å². The highest BCUT2D eigenvalue weighted by molar-refractivity contribution is 7.89. The van der Waals surface area contributed by atoms with E-state index in [2.05, 4.69) is 15.4 Å². The van der Waals surface area contributed by atoms with Crippen molar-refractivity contribution >= 4 is 32.7 Å². The first kappa shape index (κ1) is 27.2. The maximum absolute atomic E-state index is 13.8. The number of fused-ring (bicyclic) bond motifs is 1. The molecule has 40 heavy (non-hydrogen) atoms. The molecule has 0 unspecified atom stereocenters. The van der Waals surface area contributed by atoms with Crippen LogP contribution in [0.3, 0.4) is 0 Å². The van der Waals surface area contributed by atoms with Crippen LogP contribution in [0.25, 0.3) is 27.8 Å². The lowest BCUT2D eigenvalue weighted by Crippen LogP contribution is -2.40. The first-order chi connectivity index (χ1) is 19.2. The predicted molar refractivity (Wildman–Crippen MR) is 153 cm³/mol. The fourth-order valence-electron chi connectivity index (χ4n) is 4.42. The molecule has 3 aromatic carbocycles. The van der Waals surface area contributed by atoms with Crippen LogP contribution in [0.2, 0.25) is 0 Å². The molecule has 0 atom stereocenters. The first-order valence-corrected chi connectivity index (χ1v) is 14.2. The van der Waals surface area contributed by atoms with Gasteiger partial charge in [-0.25, -0.2) is 17.5 Å². The smallest absolute Gasteiger partial charge is 0.245 e. The Kier molecular flexibility index (Phi) is 7.72. The van der Waals surface area contributed by atoms with Crippen LogP contribution < -0.4 is 5.32 Å². The van der Waals surface area contributed by atoms with Crippen molar-refractivity contribution in [2.75, 3.05) is 18.4 Å². The third-order valence-corrected chi connectivity index (χ3v) is 8.06. The molecule has 5 rings (SSSR count). The second-order valence-corrected chi connectivity index (χ2v) is 11.6. The molecule has 0 spiro atoms. The molecule has 0 aliphatic carbocycles. The molecule has 0 aliphatic rings. The number of sulfonamides is 1. The fourth-order valence-corrected chi connectivity index (χ4v) is 6.15. The third kappa shape index (κ3) is 5.78. The van der Waals surface area contributed by atoms with Crippen LogP contribution in [0, 0.1) is 11.7 Å². The van der Waals surface area contributed by atoms with Crippen LogP contribution in [-0.2, 0) is 14.8 Å². The van der Waals surface area contributed by atoms with Crippen LogP contribution in [0.4, 0.5) is 10.2 Å². The molecule has 8 nitrogen and oxygen atoms in total. The summed E-state index contributed by atoms with van der Waals surface area (Å²) in [4.78, 5) is 17.7. The molecule has 0 saturated heterocycles. The molecule has 1 amide bonds. The molecule has 0 saturated carbocycles. The maximum atomic E-state index is 13.8. The highest BCUT2D eigenvalue weighted by atomic mass is 32.2. The minimum Gasteiger partial charge on any atom is -0.309 e. The Hall–Kier alpha value is -4.41.